The van der Waals surface area contributed by atoms with E-state index >= 15 is 0 Å². The van der Waals surface area contributed by atoms with E-state index in [2.05, 4.69) is 0 Å². The molecule has 0 fully saturated rings. The zero-order chi connectivity index (χ0) is 10.7. The molecule has 0 spiro atoms. The van der Waals surface area contributed by atoms with E-state index in [-0.39, 0.29) is 12.4 Å². The largest absolute Gasteiger partial charge is 0.497 e. The number of nitrogens with two attached hydrogens (primary N) is 1. The monoisotopic (exact) mass is 235 g/mol. The lowest BCUT2D eigenvalue weighted by Crippen LogP contribution is -1.86. The van der Waals surface area contributed by atoms with Gasteiger partial charge in [0.15, 0.2) is 0 Å². The first kappa shape index (κ1) is 12.4. The molecule has 2 rings (SSSR count). The van der Waals surface area contributed by atoms with Crippen LogP contribution in [-0.2, 0) is 0 Å². The molecule has 0 saturated carbocycles. The van der Waals surface area contributed by atoms with Crippen LogP contribution in [0.5, 0.6) is 5.75 Å². The molecule has 3 heteroatoms. The Morgan fingerprint density at radius 1 is 0.938 bits per heavy atom. The molecule has 0 aromatic heterocycles. The minimum Gasteiger partial charge on any atom is -0.497 e. The normalized spacial score (nSPS) is 9.31. The molecule has 0 unspecified atom stereocenters. The first-order chi connectivity index (χ1) is 7.29. The number of ether oxygens (including phenoxy) is 1. The van der Waals surface area contributed by atoms with Crippen LogP contribution in [-0.4, -0.2) is 7.11 Å². The molecule has 2 aromatic rings. The summed E-state index contributed by atoms with van der Waals surface area (Å²) in [6.07, 6.45) is 0. The topological polar surface area (TPSA) is 35.2 Å². The summed E-state index contributed by atoms with van der Waals surface area (Å²) in [5, 5.41) is 0. The number of hydrogen-bond acceptors (Lipinski definition) is 2. The summed E-state index contributed by atoms with van der Waals surface area (Å²) in [5.41, 5.74) is 8.73. The first-order valence-corrected chi connectivity index (χ1v) is 4.79. The Labute approximate surface area is 101 Å². The maximum atomic E-state index is 5.74. The summed E-state index contributed by atoms with van der Waals surface area (Å²) in [4.78, 5) is 0. The molecule has 84 valence electrons. The van der Waals surface area contributed by atoms with Crippen LogP contribution in [0.15, 0.2) is 48.5 Å². The SMILES string of the molecule is COc1cccc(-c2cccc(N)c2)c1.Cl. The van der Waals surface area contributed by atoms with Crippen LogP contribution in [0.4, 0.5) is 5.69 Å². The van der Waals surface area contributed by atoms with Gasteiger partial charge < -0.3 is 10.5 Å². The average Bonchev–Trinajstić information content (AvgIpc) is 2.29. The number of halogens is 1. The van der Waals surface area contributed by atoms with Crippen molar-refractivity contribution in [2.24, 2.45) is 0 Å². The van der Waals surface area contributed by atoms with Gasteiger partial charge in [0.2, 0.25) is 0 Å². The van der Waals surface area contributed by atoms with Crippen molar-refractivity contribution in [1.29, 1.82) is 0 Å². The van der Waals surface area contributed by atoms with Crippen LogP contribution in [0, 0.1) is 0 Å². The van der Waals surface area contributed by atoms with E-state index in [4.69, 9.17) is 10.5 Å². The van der Waals surface area contributed by atoms with E-state index in [1.165, 1.54) is 0 Å². The van der Waals surface area contributed by atoms with E-state index in [0.717, 1.165) is 22.6 Å². The number of benzene rings is 2. The molecule has 2 N–H and O–H groups in total. The molecule has 16 heavy (non-hydrogen) atoms. The lowest BCUT2D eigenvalue weighted by atomic mass is 10.1. The Morgan fingerprint density at radius 2 is 1.56 bits per heavy atom. The third kappa shape index (κ3) is 2.67. The summed E-state index contributed by atoms with van der Waals surface area (Å²) >= 11 is 0. The Kier molecular flexibility index (Phi) is 4.20. The average molecular weight is 236 g/mol. The van der Waals surface area contributed by atoms with E-state index in [9.17, 15) is 0 Å². The number of methoxy groups -OCH3 is 1. The molecular weight excluding hydrogens is 222 g/mol. The number of anilines is 1. The van der Waals surface area contributed by atoms with Crippen molar-refractivity contribution in [3.05, 3.63) is 48.5 Å². The second kappa shape index (κ2) is 5.42. The highest BCUT2D eigenvalue weighted by atomic mass is 35.5. The van der Waals surface area contributed by atoms with Crippen LogP contribution in [0.25, 0.3) is 11.1 Å². The van der Waals surface area contributed by atoms with Gasteiger partial charge >= 0.3 is 0 Å². The molecule has 0 atom stereocenters. The maximum Gasteiger partial charge on any atom is 0.119 e. The molecular formula is C13H14ClNO. The van der Waals surface area contributed by atoms with Crippen LogP contribution >= 0.6 is 12.4 Å². The van der Waals surface area contributed by atoms with Gasteiger partial charge in [-0.1, -0.05) is 24.3 Å². The molecule has 0 heterocycles. The summed E-state index contributed by atoms with van der Waals surface area (Å²) in [7, 11) is 1.67. The number of rotatable bonds is 2. The van der Waals surface area contributed by atoms with Crippen LogP contribution in [0.3, 0.4) is 0 Å². The molecule has 0 amide bonds. The number of hydrogen-bond donors (Lipinski definition) is 1. The van der Waals surface area contributed by atoms with Gasteiger partial charge in [0.1, 0.15) is 5.75 Å². The Bertz CT molecular complexity index is 471. The summed E-state index contributed by atoms with van der Waals surface area (Å²) in [5.74, 6) is 0.856. The van der Waals surface area contributed by atoms with Crippen molar-refractivity contribution in [2.75, 3.05) is 12.8 Å². The van der Waals surface area contributed by atoms with Crippen LogP contribution in [0.1, 0.15) is 0 Å². The van der Waals surface area contributed by atoms with Gasteiger partial charge in [0.05, 0.1) is 7.11 Å². The van der Waals surface area contributed by atoms with Crippen molar-refractivity contribution < 1.29 is 4.74 Å². The second-order valence-corrected chi connectivity index (χ2v) is 3.36. The molecule has 0 aliphatic carbocycles. The van der Waals surface area contributed by atoms with Gasteiger partial charge in [-0.05, 0) is 35.4 Å². The lowest BCUT2D eigenvalue weighted by Gasteiger charge is -2.05. The molecule has 2 aromatic carbocycles. The minimum atomic E-state index is 0. The van der Waals surface area contributed by atoms with Gasteiger partial charge in [0.25, 0.3) is 0 Å². The highest BCUT2D eigenvalue weighted by Crippen LogP contribution is 2.24. The van der Waals surface area contributed by atoms with Crippen molar-refractivity contribution in [3.63, 3.8) is 0 Å². The standard InChI is InChI=1S/C13H13NO.ClH/c1-15-13-7-3-5-11(9-13)10-4-2-6-12(14)8-10;/h2-9H,14H2,1H3;1H. The molecule has 0 aliphatic heterocycles. The predicted octanol–water partition coefficient (Wildman–Crippen LogP) is 3.37. The van der Waals surface area contributed by atoms with Crippen molar-refractivity contribution in [2.45, 2.75) is 0 Å². The summed E-state index contributed by atoms with van der Waals surface area (Å²) in [6.45, 7) is 0. The van der Waals surface area contributed by atoms with Gasteiger partial charge in [0, 0.05) is 5.69 Å². The van der Waals surface area contributed by atoms with Crippen LogP contribution < -0.4 is 10.5 Å². The zero-order valence-electron chi connectivity index (χ0n) is 9.01. The second-order valence-electron chi connectivity index (χ2n) is 3.36. The quantitative estimate of drug-likeness (QED) is 0.810. The molecule has 0 aliphatic rings. The maximum absolute atomic E-state index is 5.74. The lowest BCUT2D eigenvalue weighted by molar-refractivity contribution is 0.415. The summed E-state index contributed by atoms with van der Waals surface area (Å²) in [6, 6.07) is 15.7. The zero-order valence-corrected chi connectivity index (χ0v) is 9.83. The van der Waals surface area contributed by atoms with E-state index in [0.29, 0.717) is 0 Å². The fourth-order valence-corrected chi connectivity index (χ4v) is 1.52. The predicted molar refractivity (Wildman–Crippen MR) is 70.1 cm³/mol. The number of nitrogen functional groups attached to an aromatic ring is 1. The van der Waals surface area contributed by atoms with Crippen molar-refractivity contribution in [1.82, 2.24) is 0 Å². The third-order valence-electron chi connectivity index (χ3n) is 2.29. The van der Waals surface area contributed by atoms with Gasteiger partial charge in [-0.25, -0.2) is 0 Å². The van der Waals surface area contributed by atoms with Gasteiger partial charge in [-0.15, -0.1) is 12.4 Å². The fourth-order valence-electron chi connectivity index (χ4n) is 1.52. The molecule has 2 nitrogen and oxygen atoms in total. The smallest absolute Gasteiger partial charge is 0.119 e. The minimum absolute atomic E-state index is 0. The Balaban J connectivity index is 0.00000128. The van der Waals surface area contributed by atoms with Crippen molar-refractivity contribution >= 4 is 18.1 Å². The third-order valence-corrected chi connectivity index (χ3v) is 2.29. The fraction of sp³-hybridized carbons (Fsp3) is 0.0769. The van der Waals surface area contributed by atoms with Gasteiger partial charge in [-0.2, -0.15) is 0 Å². The Morgan fingerprint density at radius 3 is 2.19 bits per heavy atom. The molecule has 0 bridgehead atoms. The Hall–Kier alpha value is -1.67. The highest BCUT2D eigenvalue weighted by molar-refractivity contribution is 5.85. The van der Waals surface area contributed by atoms with E-state index < -0.39 is 0 Å². The van der Waals surface area contributed by atoms with Gasteiger partial charge in [-0.3, -0.25) is 0 Å². The molecule has 0 saturated heterocycles. The highest BCUT2D eigenvalue weighted by Gasteiger charge is 1.99. The summed E-state index contributed by atoms with van der Waals surface area (Å²) < 4.78 is 5.18. The van der Waals surface area contributed by atoms with E-state index in [1.54, 1.807) is 7.11 Å². The van der Waals surface area contributed by atoms with Crippen LogP contribution in [0.2, 0.25) is 0 Å². The van der Waals surface area contributed by atoms with Crippen molar-refractivity contribution in [3.8, 4) is 16.9 Å². The van der Waals surface area contributed by atoms with E-state index in [1.807, 2.05) is 48.5 Å². The molecule has 0 radical (unpaired) electrons. The first-order valence-electron chi connectivity index (χ1n) is 4.79.